The van der Waals surface area contributed by atoms with Crippen molar-refractivity contribution in [2.24, 2.45) is 0 Å². The molecule has 0 amide bonds. The lowest BCUT2D eigenvalue weighted by Gasteiger charge is -1.86. The first-order valence-electron chi connectivity index (χ1n) is 3.83. The van der Waals surface area contributed by atoms with Crippen molar-refractivity contribution in [2.75, 3.05) is 0 Å². The van der Waals surface area contributed by atoms with E-state index in [-0.39, 0.29) is 6.04 Å². The second-order valence-electron chi connectivity index (χ2n) is 2.46. The molecule has 0 aliphatic heterocycles. The monoisotopic (exact) mass is 151 g/mol. The van der Waals surface area contributed by atoms with E-state index >= 15 is 0 Å². The molecule has 1 aromatic heterocycles. The third-order valence-electron chi connectivity index (χ3n) is 1.52. The van der Waals surface area contributed by atoms with Crippen LogP contribution in [-0.2, 0) is 0 Å². The minimum Gasteiger partial charge on any atom is -0.461 e. The molecule has 2 aromatic rings. The lowest BCUT2D eigenvalue weighted by molar-refractivity contribution is 0.576. The Hall–Kier alpha value is -1.31. The fraction of sp³-hybridized carbons (Fsp3) is 0.111. The smallest absolute Gasteiger partial charge is 0.134 e. The molecule has 1 aromatic carbocycles. The second-order valence-corrected chi connectivity index (χ2v) is 2.46. The Morgan fingerprint density at radius 3 is 3.18 bits per heavy atom. The van der Waals surface area contributed by atoms with Gasteiger partial charge < -0.3 is 4.42 Å². The average molecular weight is 151 g/mol. The van der Waals surface area contributed by atoms with Crippen LogP contribution in [-0.4, -0.2) is 0 Å². The largest absolute Gasteiger partial charge is 0.461 e. The van der Waals surface area contributed by atoms with Gasteiger partial charge in [0.25, 0.3) is 0 Å². The number of hydrogen-bond donors (Lipinski definition) is 0. The molecule has 0 saturated carbocycles. The number of rotatable bonds is 0. The van der Waals surface area contributed by atoms with Gasteiger partial charge in [0.15, 0.2) is 0 Å². The Bertz CT molecular complexity index is 433. The molecule has 0 bridgehead atoms. The SMILES string of the molecule is [2H]c1cc(F)cc2cc(C)oc12. The summed E-state index contributed by atoms with van der Waals surface area (Å²) in [6.07, 6.45) is 0. The summed E-state index contributed by atoms with van der Waals surface area (Å²) in [5.74, 6) is 0.303. The standard InChI is InChI=1S/C9H7FO/c1-6-4-7-5-8(10)2-3-9(7)11-6/h2-5H,1H3/i3D. The van der Waals surface area contributed by atoms with Crippen molar-refractivity contribution >= 4 is 11.0 Å². The highest BCUT2D eigenvalue weighted by Gasteiger charge is 1.99. The Morgan fingerprint density at radius 1 is 1.55 bits per heavy atom. The maximum absolute atomic E-state index is 12.7. The number of aryl methyl sites for hydroxylation is 1. The van der Waals surface area contributed by atoms with Crippen molar-refractivity contribution in [1.82, 2.24) is 0 Å². The van der Waals surface area contributed by atoms with Gasteiger partial charge in [-0.05, 0) is 31.2 Å². The van der Waals surface area contributed by atoms with Gasteiger partial charge in [-0.2, -0.15) is 0 Å². The first-order chi connectivity index (χ1) is 5.66. The molecule has 11 heavy (non-hydrogen) atoms. The summed E-state index contributed by atoms with van der Waals surface area (Å²) in [7, 11) is 0. The van der Waals surface area contributed by atoms with Gasteiger partial charge in [-0.25, -0.2) is 4.39 Å². The summed E-state index contributed by atoms with van der Waals surface area (Å²) in [6.45, 7) is 1.78. The van der Waals surface area contributed by atoms with E-state index in [0.29, 0.717) is 16.7 Å². The van der Waals surface area contributed by atoms with Gasteiger partial charge in [0.1, 0.15) is 17.2 Å². The summed E-state index contributed by atoms with van der Waals surface area (Å²) in [6, 6.07) is 4.32. The van der Waals surface area contributed by atoms with Crippen LogP contribution < -0.4 is 0 Å². The zero-order chi connectivity index (χ0) is 8.72. The summed E-state index contributed by atoms with van der Waals surface area (Å²) >= 11 is 0. The Balaban J connectivity index is 2.88. The third-order valence-corrected chi connectivity index (χ3v) is 1.52. The van der Waals surface area contributed by atoms with Crippen LogP contribution in [0.1, 0.15) is 7.13 Å². The van der Waals surface area contributed by atoms with Crippen LogP contribution in [0.25, 0.3) is 11.0 Å². The fourth-order valence-electron chi connectivity index (χ4n) is 1.08. The van der Waals surface area contributed by atoms with E-state index in [4.69, 9.17) is 5.79 Å². The van der Waals surface area contributed by atoms with Crippen molar-refractivity contribution in [3.05, 3.63) is 35.8 Å². The molecular formula is C9H7FO. The Labute approximate surface area is 64.8 Å². The molecule has 1 nitrogen and oxygen atoms in total. The molecule has 0 aliphatic rings. The summed E-state index contributed by atoms with van der Waals surface area (Å²) in [5, 5.41) is 0.650. The lowest BCUT2D eigenvalue weighted by atomic mass is 10.2. The van der Waals surface area contributed by atoms with Crippen LogP contribution in [0.4, 0.5) is 4.39 Å². The Morgan fingerprint density at radius 2 is 2.36 bits per heavy atom. The van der Waals surface area contributed by atoms with E-state index in [1.165, 1.54) is 6.07 Å². The van der Waals surface area contributed by atoms with E-state index in [1.54, 1.807) is 13.0 Å². The molecule has 0 aliphatic carbocycles. The molecule has 0 unspecified atom stereocenters. The van der Waals surface area contributed by atoms with Gasteiger partial charge >= 0.3 is 0 Å². The molecule has 0 atom stereocenters. The average Bonchev–Trinajstić information content (AvgIpc) is 2.29. The number of hydrogen-bond acceptors (Lipinski definition) is 1. The number of fused-ring (bicyclic) bond motifs is 1. The molecular weight excluding hydrogens is 143 g/mol. The maximum Gasteiger partial charge on any atom is 0.134 e. The van der Waals surface area contributed by atoms with Crippen molar-refractivity contribution < 1.29 is 10.2 Å². The molecule has 0 N–H and O–H groups in total. The number of halogens is 1. The van der Waals surface area contributed by atoms with Crippen molar-refractivity contribution in [3.63, 3.8) is 0 Å². The van der Waals surface area contributed by atoms with E-state index in [9.17, 15) is 4.39 Å². The zero-order valence-electron chi connectivity index (χ0n) is 7.02. The highest BCUT2D eigenvalue weighted by Crippen LogP contribution is 2.19. The normalized spacial score (nSPS) is 12.0. The molecule has 0 spiro atoms. The molecule has 2 heteroatoms. The molecule has 0 radical (unpaired) electrons. The van der Waals surface area contributed by atoms with E-state index in [0.717, 1.165) is 6.07 Å². The molecule has 2 rings (SSSR count). The van der Waals surface area contributed by atoms with Gasteiger partial charge in [-0.1, -0.05) is 0 Å². The first-order valence-corrected chi connectivity index (χ1v) is 3.33. The predicted molar refractivity (Wildman–Crippen MR) is 40.9 cm³/mol. The van der Waals surface area contributed by atoms with E-state index < -0.39 is 5.82 Å². The van der Waals surface area contributed by atoms with Crippen molar-refractivity contribution in [1.29, 1.82) is 0 Å². The summed E-state index contributed by atoms with van der Waals surface area (Å²) in [5.41, 5.74) is 0.453. The van der Waals surface area contributed by atoms with Crippen molar-refractivity contribution in [3.8, 4) is 0 Å². The molecule has 0 saturated heterocycles. The van der Waals surface area contributed by atoms with Gasteiger partial charge in [-0.3, -0.25) is 0 Å². The molecule has 1 heterocycles. The molecule has 0 fully saturated rings. The third kappa shape index (κ3) is 1.00. The highest BCUT2D eigenvalue weighted by atomic mass is 19.1. The van der Waals surface area contributed by atoms with Gasteiger partial charge in [0.2, 0.25) is 0 Å². The number of furan rings is 1. The van der Waals surface area contributed by atoms with E-state index in [2.05, 4.69) is 0 Å². The summed E-state index contributed by atoms with van der Waals surface area (Å²) < 4.78 is 25.3. The zero-order valence-corrected chi connectivity index (χ0v) is 6.02. The van der Waals surface area contributed by atoms with E-state index in [1.807, 2.05) is 0 Å². The Kier molecular flexibility index (Phi) is 1.02. The predicted octanol–water partition coefficient (Wildman–Crippen LogP) is 2.88. The van der Waals surface area contributed by atoms with Crippen LogP contribution in [0.3, 0.4) is 0 Å². The van der Waals surface area contributed by atoms with Gasteiger partial charge in [-0.15, -0.1) is 0 Å². The fourth-order valence-corrected chi connectivity index (χ4v) is 1.08. The topological polar surface area (TPSA) is 13.1 Å². The quantitative estimate of drug-likeness (QED) is 0.564. The maximum atomic E-state index is 12.7. The van der Waals surface area contributed by atoms with Gasteiger partial charge in [0, 0.05) is 5.39 Å². The first kappa shape index (κ1) is 5.35. The minimum absolute atomic E-state index is 0.0955. The second kappa shape index (κ2) is 2.09. The van der Waals surface area contributed by atoms with Crippen LogP contribution in [0, 0.1) is 12.7 Å². The van der Waals surface area contributed by atoms with Crippen LogP contribution in [0.15, 0.2) is 28.7 Å². The van der Waals surface area contributed by atoms with Crippen LogP contribution in [0.2, 0.25) is 0 Å². The van der Waals surface area contributed by atoms with Crippen LogP contribution >= 0.6 is 0 Å². The number of benzene rings is 1. The van der Waals surface area contributed by atoms with Crippen molar-refractivity contribution in [2.45, 2.75) is 6.92 Å². The minimum atomic E-state index is -0.395. The highest BCUT2D eigenvalue weighted by molar-refractivity contribution is 5.77. The molecule has 56 valence electrons. The van der Waals surface area contributed by atoms with Crippen LogP contribution in [0.5, 0.6) is 0 Å². The lowest BCUT2D eigenvalue weighted by Crippen LogP contribution is -1.68. The summed E-state index contributed by atoms with van der Waals surface area (Å²) in [4.78, 5) is 0. The van der Waals surface area contributed by atoms with Gasteiger partial charge in [0.05, 0.1) is 1.37 Å².